The van der Waals surface area contributed by atoms with E-state index in [1.54, 1.807) is 6.07 Å². The van der Waals surface area contributed by atoms with Crippen molar-refractivity contribution in [3.05, 3.63) is 34.4 Å². The quantitative estimate of drug-likeness (QED) is 0.868. The summed E-state index contributed by atoms with van der Waals surface area (Å²) in [6.45, 7) is 1.36. The van der Waals surface area contributed by atoms with E-state index < -0.39 is 24.1 Å². The molecule has 0 spiro atoms. The zero-order valence-electron chi connectivity index (χ0n) is 8.80. The molecule has 90 valence electrons. The molecular formula is C11H8F3NO2. The van der Waals surface area contributed by atoms with Crippen molar-refractivity contribution in [2.75, 3.05) is 0 Å². The van der Waals surface area contributed by atoms with Crippen LogP contribution in [0.3, 0.4) is 0 Å². The highest BCUT2D eigenvalue weighted by atomic mass is 19.4. The van der Waals surface area contributed by atoms with Crippen molar-refractivity contribution in [1.82, 2.24) is 0 Å². The normalized spacial score (nSPS) is 11.0. The van der Waals surface area contributed by atoms with E-state index >= 15 is 0 Å². The van der Waals surface area contributed by atoms with Gasteiger partial charge in [-0.05, 0) is 30.2 Å². The SMILES string of the molecule is Cc1cc(C#N)cc(C(F)(F)F)c1CC(=O)O. The second kappa shape index (κ2) is 4.45. The minimum Gasteiger partial charge on any atom is -0.481 e. The second-order valence-corrected chi connectivity index (χ2v) is 3.50. The molecule has 0 aliphatic heterocycles. The van der Waals surface area contributed by atoms with Crippen LogP contribution in [-0.4, -0.2) is 11.1 Å². The highest BCUT2D eigenvalue weighted by Crippen LogP contribution is 2.34. The first-order chi connectivity index (χ1) is 7.75. The first-order valence-corrected chi connectivity index (χ1v) is 4.58. The van der Waals surface area contributed by atoms with Crippen LogP contribution in [0.5, 0.6) is 0 Å². The van der Waals surface area contributed by atoms with Gasteiger partial charge in [-0.3, -0.25) is 4.79 Å². The number of carboxylic acids is 1. The molecule has 0 atom stereocenters. The van der Waals surface area contributed by atoms with E-state index in [1.165, 1.54) is 13.0 Å². The number of aryl methyl sites for hydroxylation is 1. The summed E-state index contributed by atoms with van der Waals surface area (Å²) in [6, 6.07) is 3.53. The molecule has 1 N–H and O–H groups in total. The van der Waals surface area contributed by atoms with Crippen LogP contribution in [-0.2, 0) is 17.4 Å². The standard InChI is InChI=1S/C11H8F3NO2/c1-6-2-7(5-15)3-9(11(12,13)14)8(6)4-10(16)17/h2-3H,4H2,1H3,(H,16,17). The molecule has 0 fully saturated rings. The van der Waals surface area contributed by atoms with Gasteiger partial charge in [-0.25, -0.2) is 0 Å². The van der Waals surface area contributed by atoms with E-state index in [4.69, 9.17) is 10.4 Å². The van der Waals surface area contributed by atoms with Crippen molar-refractivity contribution in [1.29, 1.82) is 5.26 Å². The predicted molar refractivity (Wildman–Crippen MR) is 52.2 cm³/mol. The Morgan fingerprint density at radius 3 is 2.47 bits per heavy atom. The van der Waals surface area contributed by atoms with Crippen molar-refractivity contribution in [3.8, 4) is 6.07 Å². The second-order valence-electron chi connectivity index (χ2n) is 3.50. The summed E-state index contributed by atoms with van der Waals surface area (Å²) in [5.74, 6) is -1.34. The average Bonchev–Trinajstić information content (AvgIpc) is 2.18. The van der Waals surface area contributed by atoms with Crippen LogP contribution in [0.25, 0.3) is 0 Å². The smallest absolute Gasteiger partial charge is 0.416 e. The number of rotatable bonds is 2. The van der Waals surface area contributed by atoms with Crippen molar-refractivity contribution < 1.29 is 23.1 Å². The van der Waals surface area contributed by atoms with E-state index in [0.717, 1.165) is 0 Å². The Balaban J connectivity index is 3.46. The Labute approximate surface area is 95.1 Å². The van der Waals surface area contributed by atoms with Gasteiger partial charge in [-0.2, -0.15) is 18.4 Å². The highest BCUT2D eigenvalue weighted by molar-refractivity contribution is 5.71. The van der Waals surface area contributed by atoms with Gasteiger partial charge >= 0.3 is 12.1 Å². The summed E-state index contributed by atoms with van der Waals surface area (Å²) in [6.07, 6.45) is -5.38. The van der Waals surface area contributed by atoms with Gasteiger partial charge in [0.25, 0.3) is 0 Å². The van der Waals surface area contributed by atoms with Gasteiger partial charge in [0.2, 0.25) is 0 Å². The Kier molecular flexibility index (Phi) is 3.42. The van der Waals surface area contributed by atoms with Crippen LogP contribution < -0.4 is 0 Å². The molecule has 0 saturated heterocycles. The van der Waals surface area contributed by atoms with Crippen LogP contribution in [0.1, 0.15) is 22.3 Å². The first-order valence-electron chi connectivity index (χ1n) is 4.58. The minimum atomic E-state index is -4.66. The number of carboxylic acid groups (broad SMARTS) is 1. The fourth-order valence-electron chi connectivity index (χ4n) is 1.52. The van der Waals surface area contributed by atoms with Crippen LogP contribution in [0.15, 0.2) is 12.1 Å². The number of nitrogens with zero attached hydrogens (tertiary/aromatic N) is 1. The van der Waals surface area contributed by atoms with Gasteiger partial charge in [0.1, 0.15) is 0 Å². The van der Waals surface area contributed by atoms with Crippen molar-refractivity contribution >= 4 is 5.97 Å². The number of hydrogen-bond donors (Lipinski definition) is 1. The van der Waals surface area contributed by atoms with E-state index in [1.807, 2.05) is 0 Å². The van der Waals surface area contributed by atoms with Gasteiger partial charge in [0, 0.05) is 0 Å². The lowest BCUT2D eigenvalue weighted by Crippen LogP contribution is -2.14. The molecule has 1 rings (SSSR count). The van der Waals surface area contributed by atoms with E-state index in [0.29, 0.717) is 6.07 Å². The number of alkyl halides is 3. The lowest BCUT2D eigenvalue weighted by Gasteiger charge is -2.14. The maximum atomic E-state index is 12.7. The molecule has 1 aromatic carbocycles. The maximum absolute atomic E-state index is 12.7. The van der Waals surface area contributed by atoms with Crippen LogP contribution in [0.4, 0.5) is 13.2 Å². The molecule has 0 heterocycles. The van der Waals surface area contributed by atoms with Crippen LogP contribution in [0, 0.1) is 18.3 Å². The fraction of sp³-hybridized carbons (Fsp3) is 0.273. The zero-order chi connectivity index (χ0) is 13.2. The van der Waals surface area contributed by atoms with Crippen molar-refractivity contribution in [3.63, 3.8) is 0 Å². The van der Waals surface area contributed by atoms with Crippen molar-refractivity contribution in [2.45, 2.75) is 19.5 Å². The molecule has 0 aromatic heterocycles. The monoisotopic (exact) mass is 243 g/mol. The average molecular weight is 243 g/mol. The summed E-state index contributed by atoms with van der Waals surface area (Å²) >= 11 is 0. The number of benzene rings is 1. The lowest BCUT2D eigenvalue weighted by molar-refractivity contribution is -0.139. The third-order valence-electron chi connectivity index (χ3n) is 2.24. The van der Waals surface area contributed by atoms with E-state index in [9.17, 15) is 18.0 Å². The van der Waals surface area contributed by atoms with Gasteiger partial charge in [0.15, 0.2) is 0 Å². The number of halogens is 3. The molecule has 0 saturated carbocycles. The lowest BCUT2D eigenvalue weighted by atomic mass is 9.96. The molecule has 0 aliphatic carbocycles. The molecule has 0 unspecified atom stereocenters. The van der Waals surface area contributed by atoms with E-state index in [-0.39, 0.29) is 16.7 Å². The van der Waals surface area contributed by atoms with Gasteiger partial charge in [-0.15, -0.1) is 0 Å². The Hall–Kier alpha value is -2.03. The van der Waals surface area contributed by atoms with Crippen LogP contribution in [0.2, 0.25) is 0 Å². The molecule has 17 heavy (non-hydrogen) atoms. The van der Waals surface area contributed by atoms with E-state index in [2.05, 4.69) is 0 Å². The summed E-state index contributed by atoms with van der Waals surface area (Å²) in [4.78, 5) is 10.5. The topological polar surface area (TPSA) is 61.1 Å². The number of aliphatic carboxylic acids is 1. The zero-order valence-corrected chi connectivity index (χ0v) is 8.80. The number of carbonyl (C=O) groups is 1. The van der Waals surface area contributed by atoms with Crippen molar-refractivity contribution in [2.24, 2.45) is 0 Å². The summed E-state index contributed by atoms with van der Waals surface area (Å²) < 4.78 is 38.1. The first kappa shape index (κ1) is 13.0. The Morgan fingerprint density at radius 1 is 1.47 bits per heavy atom. The molecule has 0 radical (unpaired) electrons. The highest BCUT2D eigenvalue weighted by Gasteiger charge is 2.34. The fourth-order valence-corrected chi connectivity index (χ4v) is 1.52. The molecular weight excluding hydrogens is 235 g/mol. The maximum Gasteiger partial charge on any atom is 0.416 e. The number of hydrogen-bond acceptors (Lipinski definition) is 2. The summed E-state index contributed by atoms with van der Waals surface area (Å²) in [7, 11) is 0. The molecule has 3 nitrogen and oxygen atoms in total. The largest absolute Gasteiger partial charge is 0.481 e. The summed E-state index contributed by atoms with van der Waals surface area (Å²) in [5.41, 5.74) is -1.34. The predicted octanol–water partition coefficient (Wildman–Crippen LogP) is 2.51. The molecule has 0 amide bonds. The molecule has 0 bridgehead atoms. The van der Waals surface area contributed by atoms with Gasteiger partial charge in [-0.1, -0.05) is 0 Å². The number of nitriles is 1. The molecule has 0 aliphatic rings. The molecule has 6 heteroatoms. The minimum absolute atomic E-state index is 0.135. The third kappa shape index (κ3) is 2.97. The molecule has 1 aromatic rings. The third-order valence-corrected chi connectivity index (χ3v) is 2.24. The van der Waals surface area contributed by atoms with Gasteiger partial charge in [0.05, 0.1) is 23.6 Å². The Morgan fingerprint density at radius 2 is 2.06 bits per heavy atom. The van der Waals surface area contributed by atoms with Crippen LogP contribution >= 0.6 is 0 Å². The summed E-state index contributed by atoms with van der Waals surface area (Å²) in [5, 5.41) is 17.2. The Bertz CT molecular complexity index is 501. The van der Waals surface area contributed by atoms with Gasteiger partial charge < -0.3 is 5.11 Å².